The van der Waals surface area contributed by atoms with Gasteiger partial charge in [0.2, 0.25) is 0 Å². The van der Waals surface area contributed by atoms with Crippen molar-refractivity contribution in [3.05, 3.63) is 36.5 Å². The Kier molecular flexibility index (Phi) is 12.2. The van der Waals surface area contributed by atoms with Crippen molar-refractivity contribution in [2.24, 2.45) is 0 Å². The summed E-state index contributed by atoms with van der Waals surface area (Å²) in [7, 11) is 1.42. The second kappa shape index (κ2) is 13.1. The highest BCUT2D eigenvalue weighted by atomic mass is 16.5. The van der Waals surface area contributed by atoms with Crippen LogP contribution in [0, 0.1) is 0 Å². The number of hydrogen-bond acceptors (Lipinski definition) is 2. The molecule has 0 rings (SSSR count). The van der Waals surface area contributed by atoms with E-state index in [0.717, 1.165) is 19.3 Å². The molecule has 0 saturated heterocycles. The van der Waals surface area contributed by atoms with Gasteiger partial charge >= 0.3 is 5.97 Å². The smallest absolute Gasteiger partial charge is 0.337 e. The summed E-state index contributed by atoms with van der Waals surface area (Å²) >= 11 is 0. The lowest BCUT2D eigenvalue weighted by atomic mass is 10.1. The van der Waals surface area contributed by atoms with E-state index in [0.29, 0.717) is 5.57 Å². The Balaban J connectivity index is 3.69. The van der Waals surface area contributed by atoms with E-state index < -0.39 is 0 Å². The maximum absolute atomic E-state index is 11.4. The van der Waals surface area contributed by atoms with E-state index in [2.05, 4.69) is 6.58 Å². The van der Waals surface area contributed by atoms with Gasteiger partial charge in [-0.25, -0.2) is 4.79 Å². The lowest BCUT2D eigenvalue weighted by Gasteiger charge is -2.01. The summed E-state index contributed by atoms with van der Waals surface area (Å²) in [5.74, 6) is -0.248. The van der Waals surface area contributed by atoms with Crippen LogP contribution >= 0.6 is 0 Å². The minimum atomic E-state index is -0.248. The summed E-state index contributed by atoms with van der Waals surface area (Å²) in [6.07, 6.45) is 17.2. The van der Waals surface area contributed by atoms with Crippen LogP contribution in [0.15, 0.2) is 36.5 Å². The average Bonchev–Trinajstić information content (AvgIpc) is 2.43. The van der Waals surface area contributed by atoms with Crippen molar-refractivity contribution in [3.63, 3.8) is 0 Å². The molecule has 0 aromatic carbocycles. The zero-order valence-corrected chi connectivity index (χ0v) is 12.5. The number of unbranched alkanes of at least 4 members (excludes halogenated alkanes) is 7. The van der Waals surface area contributed by atoms with Crippen molar-refractivity contribution >= 4 is 5.97 Å². The molecule has 0 aliphatic rings. The molecule has 0 spiro atoms. The Morgan fingerprint density at radius 1 is 1.05 bits per heavy atom. The number of carbonyl (C=O) groups is 1. The van der Waals surface area contributed by atoms with E-state index in [1.54, 1.807) is 6.08 Å². The first-order valence-corrected chi connectivity index (χ1v) is 7.28. The number of allylic oxidation sites excluding steroid dienone is 3. The molecule has 0 fully saturated rings. The van der Waals surface area contributed by atoms with Gasteiger partial charge in [0.1, 0.15) is 0 Å². The molecule has 0 atom stereocenters. The van der Waals surface area contributed by atoms with Crippen LogP contribution in [-0.4, -0.2) is 13.1 Å². The summed E-state index contributed by atoms with van der Waals surface area (Å²) < 4.78 is 4.73. The van der Waals surface area contributed by atoms with Crippen molar-refractivity contribution in [1.29, 1.82) is 0 Å². The average molecular weight is 264 g/mol. The quantitative estimate of drug-likeness (QED) is 0.173. The maximum Gasteiger partial charge on any atom is 0.337 e. The van der Waals surface area contributed by atoms with Gasteiger partial charge in [0.25, 0.3) is 0 Å². The first-order valence-electron chi connectivity index (χ1n) is 7.28. The fourth-order valence-electron chi connectivity index (χ4n) is 1.91. The number of methoxy groups -OCH3 is 1. The van der Waals surface area contributed by atoms with Crippen LogP contribution in [0.2, 0.25) is 0 Å². The van der Waals surface area contributed by atoms with Crippen LogP contribution in [0.5, 0.6) is 0 Å². The first-order chi connectivity index (χ1) is 9.26. The molecule has 0 aliphatic heterocycles. The van der Waals surface area contributed by atoms with Gasteiger partial charge in [-0.05, 0) is 32.6 Å². The maximum atomic E-state index is 11.4. The molecule has 0 saturated carbocycles. The molecule has 108 valence electrons. The fraction of sp³-hybridized carbons (Fsp3) is 0.588. The Morgan fingerprint density at radius 3 is 2.16 bits per heavy atom. The molecule has 0 aromatic rings. The Labute approximate surface area is 118 Å². The zero-order chi connectivity index (χ0) is 14.3. The van der Waals surface area contributed by atoms with E-state index >= 15 is 0 Å². The van der Waals surface area contributed by atoms with Gasteiger partial charge in [0, 0.05) is 0 Å². The Hall–Kier alpha value is -1.31. The highest BCUT2D eigenvalue weighted by molar-refractivity contribution is 5.91. The molecule has 0 bridgehead atoms. The van der Waals surface area contributed by atoms with Crippen LogP contribution < -0.4 is 0 Å². The molecule has 0 unspecified atom stereocenters. The topological polar surface area (TPSA) is 26.3 Å². The van der Waals surface area contributed by atoms with Crippen molar-refractivity contribution in [3.8, 4) is 0 Å². The number of rotatable bonds is 11. The van der Waals surface area contributed by atoms with Gasteiger partial charge < -0.3 is 4.74 Å². The van der Waals surface area contributed by atoms with Gasteiger partial charge in [-0.15, -0.1) is 6.58 Å². The van der Waals surface area contributed by atoms with Gasteiger partial charge in [-0.3, -0.25) is 0 Å². The third-order valence-corrected chi connectivity index (χ3v) is 2.99. The number of carbonyl (C=O) groups excluding carboxylic acids is 1. The molecule has 0 N–H and O–H groups in total. The number of esters is 1. The monoisotopic (exact) mass is 264 g/mol. The fourth-order valence-corrected chi connectivity index (χ4v) is 1.91. The normalized spacial score (nSPS) is 11.8. The molecule has 0 amide bonds. The SMILES string of the molecule is C=CCCCCCCCC/C=C(\C=C/C)C(=O)OC. The van der Waals surface area contributed by atoms with Gasteiger partial charge in [0.05, 0.1) is 12.7 Å². The van der Waals surface area contributed by atoms with Crippen molar-refractivity contribution in [1.82, 2.24) is 0 Å². The molecule has 0 aliphatic carbocycles. The standard InChI is InChI=1S/C17H28O2/c1-4-6-7-8-9-10-11-12-13-15-16(14-5-2)17(18)19-3/h4-5,14-15H,1,6-13H2,2-3H3/b14-5-,16-15+. The minimum absolute atomic E-state index is 0.248. The van der Waals surface area contributed by atoms with Gasteiger partial charge in [-0.2, -0.15) is 0 Å². The third kappa shape index (κ3) is 10.3. The largest absolute Gasteiger partial charge is 0.465 e. The summed E-state index contributed by atoms with van der Waals surface area (Å²) in [5, 5.41) is 0. The van der Waals surface area contributed by atoms with E-state index in [1.807, 2.05) is 25.2 Å². The number of hydrogen-bond donors (Lipinski definition) is 0. The first kappa shape index (κ1) is 17.7. The Bertz CT molecular complexity index is 300. The molecule has 2 heteroatoms. The predicted molar refractivity (Wildman–Crippen MR) is 82.0 cm³/mol. The van der Waals surface area contributed by atoms with Crippen LogP contribution in [0.3, 0.4) is 0 Å². The summed E-state index contributed by atoms with van der Waals surface area (Å²) in [4.78, 5) is 11.4. The summed E-state index contributed by atoms with van der Waals surface area (Å²) in [6, 6.07) is 0. The highest BCUT2D eigenvalue weighted by Crippen LogP contribution is 2.10. The predicted octanol–water partition coefficient (Wildman–Crippen LogP) is 4.97. The van der Waals surface area contributed by atoms with E-state index in [1.165, 1.54) is 39.2 Å². The van der Waals surface area contributed by atoms with Crippen molar-refractivity contribution < 1.29 is 9.53 Å². The van der Waals surface area contributed by atoms with Crippen molar-refractivity contribution in [2.45, 2.75) is 58.3 Å². The molecular weight excluding hydrogens is 236 g/mol. The molecule has 0 radical (unpaired) electrons. The van der Waals surface area contributed by atoms with E-state index in [4.69, 9.17) is 4.74 Å². The van der Waals surface area contributed by atoms with Crippen LogP contribution in [-0.2, 0) is 9.53 Å². The molecular formula is C17H28O2. The van der Waals surface area contributed by atoms with Crippen LogP contribution in [0.4, 0.5) is 0 Å². The molecule has 0 heterocycles. The highest BCUT2D eigenvalue weighted by Gasteiger charge is 2.04. The molecule has 2 nitrogen and oxygen atoms in total. The second-order valence-electron chi connectivity index (χ2n) is 4.64. The van der Waals surface area contributed by atoms with Crippen LogP contribution in [0.1, 0.15) is 58.3 Å². The zero-order valence-electron chi connectivity index (χ0n) is 12.5. The van der Waals surface area contributed by atoms with Gasteiger partial charge in [-0.1, -0.05) is 50.0 Å². The Morgan fingerprint density at radius 2 is 1.63 bits per heavy atom. The van der Waals surface area contributed by atoms with E-state index in [9.17, 15) is 4.79 Å². The molecule has 0 aromatic heterocycles. The summed E-state index contributed by atoms with van der Waals surface area (Å²) in [5.41, 5.74) is 0.663. The summed E-state index contributed by atoms with van der Waals surface area (Å²) in [6.45, 7) is 5.62. The van der Waals surface area contributed by atoms with Gasteiger partial charge in [0.15, 0.2) is 0 Å². The lowest BCUT2D eigenvalue weighted by molar-refractivity contribution is -0.135. The minimum Gasteiger partial charge on any atom is -0.465 e. The van der Waals surface area contributed by atoms with Crippen molar-refractivity contribution in [2.75, 3.05) is 7.11 Å². The number of ether oxygens (including phenoxy) is 1. The molecule has 19 heavy (non-hydrogen) atoms. The second-order valence-corrected chi connectivity index (χ2v) is 4.64. The van der Waals surface area contributed by atoms with Crippen LogP contribution in [0.25, 0.3) is 0 Å². The van der Waals surface area contributed by atoms with E-state index in [-0.39, 0.29) is 5.97 Å². The third-order valence-electron chi connectivity index (χ3n) is 2.99. The lowest BCUT2D eigenvalue weighted by Crippen LogP contribution is -2.02.